The molecule has 0 fully saturated rings. The molecule has 0 unspecified atom stereocenters. The van der Waals surface area contributed by atoms with Gasteiger partial charge in [0.25, 0.3) is 5.91 Å². The molecule has 1 aliphatic heterocycles. The molecular weight excluding hydrogens is 581 g/mol. The Bertz CT molecular complexity index is 1580. The maximum absolute atomic E-state index is 14.3. The molecule has 0 saturated heterocycles. The second kappa shape index (κ2) is 14.7. The number of aliphatic hydroxyl groups is 1. The molecule has 0 spiro atoms. The molecule has 1 heterocycles. The Balaban J connectivity index is 1.78. The van der Waals surface area contributed by atoms with Crippen molar-refractivity contribution in [3.63, 3.8) is 0 Å². The minimum absolute atomic E-state index is 0.00803. The number of carbonyl (C=O) groups is 2. The summed E-state index contributed by atoms with van der Waals surface area (Å²) in [4.78, 5) is 35.0. The van der Waals surface area contributed by atoms with Crippen molar-refractivity contribution >= 4 is 23.5 Å². The molecular formula is C33H36FN5O6. The zero-order valence-electron chi connectivity index (χ0n) is 25.4. The zero-order chi connectivity index (χ0) is 32.5. The van der Waals surface area contributed by atoms with Gasteiger partial charge in [-0.25, -0.2) is 9.38 Å². The predicted octanol–water partition coefficient (Wildman–Crippen LogP) is 6.22. The van der Waals surface area contributed by atoms with Crippen LogP contribution >= 0.6 is 0 Å². The molecule has 12 heteroatoms. The highest BCUT2D eigenvalue weighted by molar-refractivity contribution is 6.01. The van der Waals surface area contributed by atoms with E-state index in [-0.39, 0.29) is 37.6 Å². The van der Waals surface area contributed by atoms with Crippen molar-refractivity contribution in [2.24, 2.45) is 10.1 Å². The van der Waals surface area contributed by atoms with Crippen LogP contribution in [0, 0.1) is 5.82 Å². The number of carbonyl (C=O) groups excluding carboxylic acids is 2. The monoisotopic (exact) mass is 617 g/mol. The van der Waals surface area contributed by atoms with E-state index < -0.39 is 34.9 Å². The van der Waals surface area contributed by atoms with E-state index >= 15 is 0 Å². The normalized spacial score (nSPS) is 17.4. The summed E-state index contributed by atoms with van der Waals surface area (Å²) < 4.78 is 31.5. The number of hydrogen-bond donors (Lipinski definition) is 2. The molecule has 3 aromatic carbocycles. The number of azide groups is 1. The Hall–Kier alpha value is -4.93. The van der Waals surface area contributed by atoms with Crippen LogP contribution in [0.1, 0.15) is 62.8 Å². The first-order chi connectivity index (χ1) is 21.5. The summed E-state index contributed by atoms with van der Waals surface area (Å²) >= 11 is 0. The van der Waals surface area contributed by atoms with Crippen LogP contribution < -0.4 is 10.1 Å². The molecule has 236 valence electrons. The Morgan fingerprint density at radius 2 is 1.89 bits per heavy atom. The smallest absolute Gasteiger partial charge is 0.306 e. The summed E-state index contributed by atoms with van der Waals surface area (Å²) in [5, 5.41) is 15.7. The van der Waals surface area contributed by atoms with Crippen molar-refractivity contribution in [3.8, 4) is 5.75 Å². The van der Waals surface area contributed by atoms with Gasteiger partial charge in [-0.1, -0.05) is 41.5 Å². The number of aliphatic hydroxyl groups excluding tert-OH is 1. The molecule has 0 aromatic heterocycles. The predicted molar refractivity (Wildman–Crippen MR) is 165 cm³/mol. The lowest BCUT2D eigenvalue weighted by Gasteiger charge is -2.31. The molecule has 2 atom stereocenters. The second-order valence-electron chi connectivity index (χ2n) is 11.4. The number of nitrogens with zero attached hydrogens (tertiary/aromatic N) is 4. The van der Waals surface area contributed by atoms with Crippen molar-refractivity contribution in [3.05, 3.63) is 106 Å². The molecule has 1 amide bonds. The number of rotatable bonds is 13. The van der Waals surface area contributed by atoms with E-state index in [4.69, 9.17) is 24.3 Å². The summed E-state index contributed by atoms with van der Waals surface area (Å²) in [5.74, 6) is -0.858. The highest BCUT2D eigenvalue weighted by Gasteiger charge is 2.53. The van der Waals surface area contributed by atoms with Gasteiger partial charge in [0.1, 0.15) is 17.2 Å². The van der Waals surface area contributed by atoms with Gasteiger partial charge in [0.2, 0.25) is 5.90 Å². The minimum Gasteiger partial charge on any atom is -0.494 e. The van der Waals surface area contributed by atoms with Crippen LogP contribution in [-0.2, 0) is 25.6 Å². The number of esters is 1. The van der Waals surface area contributed by atoms with Crippen molar-refractivity contribution in [2.45, 2.75) is 63.8 Å². The van der Waals surface area contributed by atoms with Gasteiger partial charge in [-0.2, -0.15) is 0 Å². The highest BCUT2D eigenvalue weighted by atomic mass is 19.1. The first-order valence-corrected chi connectivity index (χ1v) is 14.5. The molecule has 3 aromatic rings. The van der Waals surface area contributed by atoms with E-state index in [1.54, 1.807) is 81.4 Å². The molecule has 0 saturated carbocycles. The van der Waals surface area contributed by atoms with Gasteiger partial charge < -0.3 is 24.6 Å². The molecule has 11 nitrogen and oxygen atoms in total. The van der Waals surface area contributed by atoms with Crippen LogP contribution in [0.3, 0.4) is 0 Å². The lowest BCUT2D eigenvalue weighted by Crippen LogP contribution is -2.48. The van der Waals surface area contributed by atoms with Gasteiger partial charge in [0.15, 0.2) is 11.6 Å². The van der Waals surface area contributed by atoms with Crippen LogP contribution in [0.15, 0.2) is 82.9 Å². The molecule has 4 rings (SSSR count). The third-order valence-electron chi connectivity index (χ3n) is 6.87. The Morgan fingerprint density at radius 3 is 2.58 bits per heavy atom. The Kier molecular flexibility index (Phi) is 10.8. The summed E-state index contributed by atoms with van der Waals surface area (Å²) in [5.41, 5.74) is 8.49. The van der Waals surface area contributed by atoms with Gasteiger partial charge in [-0.15, -0.1) is 0 Å². The summed E-state index contributed by atoms with van der Waals surface area (Å²) in [6.45, 7) is 5.57. The summed E-state index contributed by atoms with van der Waals surface area (Å²) in [6, 6.07) is 19.4. The lowest BCUT2D eigenvalue weighted by atomic mass is 9.82. The fourth-order valence-corrected chi connectivity index (χ4v) is 4.86. The number of benzene rings is 3. The molecule has 45 heavy (non-hydrogen) atoms. The van der Waals surface area contributed by atoms with Gasteiger partial charge in [-0.3, -0.25) is 9.59 Å². The number of halogens is 1. The molecule has 0 radical (unpaired) electrons. The highest BCUT2D eigenvalue weighted by Crippen LogP contribution is 2.46. The van der Waals surface area contributed by atoms with Crippen LogP contribution in [0.5, 0.6) is 5.75 Å². The van der Waals surface area contributed by atoms with E-state index in [2.05, 4.69) is 15.3 Å². The second-order valence-corrected chi connectivity index (χ2v) is 11.4. The number of amides is 1. The van der Waals surface area contributed by atoms with Crippen LogP contribution in [0.25, 0.3) is 10.4 Å². The number of hydrogen-bond acceptors (Lipinski definition) is 8. The van der Waals surface area contributed by atoms with Crippen molar-refractivity contribution in [1.29, 1.82) is 0 Å². The van der Waals surface area contributed by atoms with Crippen LogP contribution in [-0.4, -0.2) is 47.2 Å². The number of nitrogens with one attached hydrogen (secondary N) is 1. The van der Waals surface area contributed by atoms with E-state index in [9.17, 15) is 19.5 Å². The van der Waals surface area contributed by atoms with Gasteiger partial charge in [-0.05, 0) is 74.7 Å². The first-order valence-electron chi connectivity index (χ1n) is 14.5. The summed E-state index contributed by atoms with van der Waals surface area (Å²) in [6.07, 6.45) is -0.917. The number of ether oxygens (including phenoxy) is 3. The molecule has 1 aliphatic rings. The Morgan fingerprint density at radius 1 is 1.13 bits per heavy atom. The van der Waals surface area contributed by atoms with E-state index in [1.165, 1.54) is 12.1 Å². The maximum atomic E-state index is 14.3. The minimum atomic E-state index is -1.71. The van der Waals surface area contributed by atoms with Gasteiger partial charge in [0, 0.05) is 47.7 Å². The molecule has 0 bridgehead atoms. The van der Waals surface area contributed by atoms with Crippen LogP contribution in [0.2, 0.25) is 0 Å². The fraction of sp³-hybridized carbons (Fsp3) is 0.364. The standard InChI is InChI=1S/C33H36FN5O6/c1-32(2,3)45-28(41)16-17-33(31(42)36-21-22-8-6-9-24(34)20-22)29(26-10-4-5-11-27(26)38-39-35)44-30(37-33)23-12-14-25(15-13-23)43-19-7-18-40/h4-6,8-15,20,29,40H,7,16-19,21H2,1-3H3,(H,36,42)/t29-,33-/m1/s1. The lowest BCUT2D eigenvalue weighted by molar-refractivity contribution is -0.155. The van der Waals surface area contributed by atoms with Crippen molar-refractivity contribution in [2.75, 3.05) is 13.2 Å². The first kappa shape index (κ1) is 33.0. The largest absolute Gasteiger partial charge is 0.494 e. The van der Waals surface area contributed by atoms with Crippen molar-refractivity contribution < 1.29 is 33.3 Å². The maximum Gasteiger partial charge on any atom is 0.306 e. The van der Waals surface area contributed by atoms with E-state index in [1.807, 2.05) is 0 Å². The quantitative estimate of drug-likeness (QED) is 0.0762. The molecule has 2 N–H and O–H groups in total. The Labute approximate surface area is 260 Å². The van der Waals surface area contributed by atoms with Crippen LogP contribution in [0.4, 0.5) is 10.1 Å². The fourth-order valence-electron chi connectivity index (χ4n) is 4.86. The topological polar surface area (TPSA) is 155 Å². The number of aliphatic imine (C=N–C) groups is 1. The van der Waals surface area contributed by atoms with Gasteiger partial charge >= 0.3 is 5.97 Å². The third kappa shape index (κ3) is 8.59. The van der Waals surface area contributed by atoms with Gasteiger partial charge in [0.05, 0.1) is 6.61 Å². The average Bonchev–Trinajstić information content (AvgIpc) is 3.40. The summed E-state index contributed by atoms with van der Waals surface area (Å²) in [7, 11) is 0. The van der Waals surface area contributed by atoms with Crippen molar-refractivity contribution in [1.82, 2.24) is 5.32 Å². The zero-order valence-corrected chi connectivity index (χ0v) is 25.4. The third-order valence-corrected chi connectivity index (χ3v) is 6.87. The average molecular weight is 618 g/mol. The SMILES string of the molecule is CC(C)(C)OC(=O)CC[C@@]1(C(=O)NCc2cccc(F)c2)N=C(c2ccc(OCCCO)cc2)O[C@@H]1c1ccccc1N=[N+]=[N-]. The van der Waals surface area contributed by atoms with E-state index in [0.29, 0.717) is 35.5 Å². The van der Waals surface area contributed by atoms with E-state index in [0.717, 1.165) is 0 Å². The molecule has 0 aliphatic carbocycles.